The van der Waals surface area contributed by atoms with E-state index in [0.717, 1.165) is 16.8 Å². The molecule has 1 N–H and O–H groups in total. The summed E-state index contributed by atoms with van der Waals surface area (Å²) in [6.07, 6.45) is 1.81. The lowest BCUT2D eigenvalue weighted by Crippen LogP contribution is -2.30. The van der Waals surface area contributed by atoms with Gasteiger partial charge >= 0.3 is 0 Å². The number of benzene rings is 2. The molecule has 0 spiro atoms. The summed E-state index contributed by atoms with van der Waals surface area (Å²) in [6.45, 7) is 4.39. The van der Waals surface area contributed by atoms with E-state index in [2.05, 4.69) is 10.5 Å². The second kappa shape index (κ2) is 7.30. The molecule has 1 aliphatic heterocycles. The second-order valence-electron chi connectivity index (χ2n) is 6.39. The van der Waals surface area contributed by atoms with Gasteiger partial charge in [0.15, 0.2) is 0 Å². The minimum absolute atomic E-state index is 0.0356. The fourth-order valence-corrected chi connectivity index (χ4v) is 2.77. The Kier molecular flexibility index (Phi) is 4.93. The normalized spacial score (nSPS) is 17.3. The first-order valence-corrected chi connectivity index (χ1v) is 8.29. The third-order valence-corrected chi connectivity index (χ3v) is 4.31. The molecule has 1 fully saturated rings. The van der Waals surface area contributed by atoms with Crippen LogP contribution < -0.4 is 10.3 Å². The molecule has 2 aromatic rings. The number of rotatable bonds is 4. The highest BCUT2D eigenvalue weighted by Crippen LogP contribution is 2.25. The molecule has 25 heavy (non-hydrogen) atoms. The van der Waals surface area contributed by atoms with Crippen molar-refractivity contribution in [2.75, 3.05) is 11.4 Å². The minimum atomic E-state index is -0.385. The predicted molar refractivity (Wildman–Crippen MR) is 98.6 cm³/mol. The van der Waals surface area contributed by atoms with Gasteiger partial charge < -0.3 is 4.90 Å². The van der Waals surface area contributed by atoms with Gasteiger partial charge in [0.25, 0.3) is 0 Å². The van der Waals surface area contributed by atoms with Crippen LogP contribution in [0.3, 0.4) is 0 Å². The molecule has 0 aromatic heterocycles. The van der Waals surface area contributed by atoms with E-state index in [1.807, 2.05) is 62.4 Å². The highest BCUT2D eigenvalue weighted by Gasteiger charge is 2.35. The zero-order valence-corrected chi connectivity index (χ0v) is 14.4. The van der Waals surface area contributed by atoms with E-state index in [4.69, 9.17) is 0 Å². The van der Waals surface area contributed by atoms with Crippen LogP contribution in [0.15, 0.2) is 53.6 Å². The van der Waals surface area contributed by atoms with Crippen molar-refractivity contribution in [3.8, 4) is 0 Å². The molecule has 1 atom stereocenters. The van der Waals surface area contributed by atoms with Crippen LogP contribution in [0.25, 0.3) is 0 Å². The number of anilines is 1. The van der Waals surface area contributed by atoms with Crippen LogP contribution >= 0.6 is 0 Å². The maximum atomic E-state index is 12.3. The molecule has 0 aliphatic carbocycles. The van der Waals surface area contributed by atoms with Crippen molar-refractivity contribution in [3.05, 3.63) is 65.2 Å². The molecule has 1 saturated heterocycles. The fraction of sp³-hybridized carbons (Fsp3) is 0.250. The van der Waals surface area contributed by atoms with Crippen molar-refractivity contribution in [1.82, 2.24) is 5.43 Å². The molecule has 0 saturated carbocycles. The Balaban J connectivity index is 1.59. The molecular formula is C20H21N3O2. The van der Waals surface area contributed by atoms with Crippen LogP contribution in [-0.2, 0) is 9.59 Å². The summed E-state index contributed by atoms with van der Waals surface area (Å²) in [7, 11) is 0. The monoisotopic (exact) mass is 335 g/mol. The van der Waals surface area contributed by atoms with E-state index in [1.54, 1.807) is 11.1 Å². The van der Waals surface area contributed by atoms with Crippen molar-refractivity contribution in [3.63, 3.8) is 0 Å². The van der Waals surface area contributed by atoms with Crippen LogP contribution in [0, 0.1) is 19.8 Å². The van der Waals surface area contributed by atoms with Crippen molar-refractivity contribution in [2.24, 2.45) is 11.0 Å². The number of hydrogen-bond acceptors (Lipinski definition) is 3. The number of amides is 2. The van der Waals surface area contributed by atoms with Gasteiger partial charge in [0.1, 0.15) is 0 Å². The zero-order valence-electron chi connectivity index (χ0n) is 14.4. The predicted octanol–water partition coefficient (Wildman–Crippen LogP) is 2.81. The van der Waals surface area contributed by atoms with E-state index < -0.39 is 0 Å². The lowest BCUT2D eigenvalue weighted by molar-refractivity contribution is -0.126. The Hall–Kier alpha value is -2.95. The smallest absolute Gasteiger partial charge is 0.245 e. The largest absolute Gasteiger partial charge is 0.312 e. The SMILES string of the molecule is Cc1ccc(/C=N\NC(=O)[C@@H]2CC(=O)N(c3ccc(C)cc3)C2)cc1. The third kappa shape index (κ3) is 4.12. The van der Waals surface area contributed by atoms with Gasteiger partial charge in [0.2, 0.25) is 11.8 Å². The van der Waals surface area contributed by atoms with Gasteiger partial charge in [-0.15, -0.1) is 0 Å². The van der Waals surface area contributed by atoms with Gasteiger partial charge in [0.05, 0.1) is 12.1 Å². The molecule has 5 nitrogen and oxygen atoms in total. The first-order valence-electron chi connectivity index (χ1n) is 8.29. The molecule has 128 valence electrons. The lowest BCUT2D eigenvalue weighted by Gasteiger charge is -2.16. The Morgan fingerprint density at radius 3 is 2.32 bits per heavy atom. The van der Waals surface area contributed by atoms with Crippen LogP contribution in [0.2, 0.25) is 0 Å². The van der Waals surface area contributed by atoms with E-state index in [1.165, 1.54) is 5.56 Å². The number of aryl methyl sites for hydroxylation is 2. The van der Waals surface area contributed by atoms with Crippen molar-refractivity contribution in [2.45, 2.75) is 20.3 Å². The topological polar surface area (TPSA) is 61.8 Å². The molecular weight excluding hydrogens is 314 g/mol. The Bertz CT molecular complexity index is 795. The Morgan fingerprint density at radius 2 is 1.68 bits per heavy atom. The van der Waals surface area contributed by atoms with Gasteiger partial charge in [-0.25, -0.2) is 5.43 Å². The molecule has 0 unspecified atom stereocenters. The van der Waals surface area contributed by atoms with E-state index in [0.29, 0.717) is 6.54 Å². The molecule has 1 aliphatic rings. The molecule has 0 bridgehead atoms. The average molecular weight is 335 g/mol. The average Bonchev–Trinajstić information content (AvgIpc) is 2.99. The summed E-state index contributed by atoms with van der Waals surface area (Å²) >= 11 is 0. The lowest BCUT2D eigenvalue weighted by atomic mass is 10.1. The highest BCUT2D eigenvalue weighted by atomic mass is 16.2. The van der Waals surface area contributed by atoms with Crippen molar-refractivity contribution in [1.29, 1.82) is 0 Å². The van der Waals surface area contributed by atoms with Gasteiger partial charge in [-0.2, -0.15) is 5.10 Å². The molecule has 2 aromatic carbocycles. The Labute approximate surface area is 147 Å². The summed E-state index contributed by atoms with van der Waals surface area (Å²) in [5.41, 5.74) is 6.58. The van der Waals surface area contributed by atoms with E-state index >= 15 is 0 Å². The number of hydrogen-bond donors (Lipinski definition) is 1. The summed E-state index contributed by atoms with van der Waals surface area (Å²) in [6, 6.07) is 15.6. The Morgan fingerprint density at radius 1 is 1.08 bits per heavy atom. The fourth-order valence-electron chi connectivity index (χ4n) is 2.77. The number of nitrogens with one attached hydrogen (secondary N) is 1. The van der Waals surface area contributed by atoms with E-state index in [-0.39, 0.29) is 24.2 Å². The number of nitrogens with zero attached hydrogens (tertiary/aromatic N) is 2. The van der Waals surface area contributed by atoms with Crippen molar-refractivity contribution >= 4 is 23.7 Å². The van der Waals surface area contributed by atoms with Crippen LogP contribution in [0.5, 0.6) is 0 Å². The maximum Gasteiger partial charge on any atom is 0.245 e. The van der Waals surface area contributed by atoms with Gasteiger partial charge in [-0.3, -0.25) is 9.59 Å². The summed E-state index contributed by atoms with van der Waals surface area (Å²) in [5.74, 6) is -0.651. The molecule has 0 radical (unpaired) electrons. The standard InChI is InChI=1S/C20H21N3O2/c1-14-3-7-16(8-4-14)12-21-22-20(25)17-11-19(24)23(13-17)18-9-5-15(2)6-10-18/h3-10,12,17H,11,13H2,1-2H3,(H,22,25)/b21-12-/t17-/m1/s1. The van der Waals surface area contributed by atoms with Gasteiger partial charge in [-0.05, 0) is 31.5 Å². The summed E-state index contributed by atoms with van der Waals surface area (Å²) in [4.78, 5) is 26.1. The summed E-state index contributed by atoms with van der Waals surface area (Å²) < 4.78 is 0. The van der Waals surface area contributed by atoms with E-state index in [9.17, 15) is 9.59 Å². The number of carbonyl (C=O) groups excluding carboxylic acids is 2. The molecule has 2 amide bonds. The quantitative estimate of drug-likeness (QED) is 0.690. The van der Waals surface area contributed by atoms with Crippen LogP contribution in [-0.4, -0.2) is 24.6 Å². The summed E-state index contributed by atoms with van der Waals surface area (Å²) in [5, 5.41) is 4.00. The van der Waals surface area contributed by atoms with Gasteiger partial charge in [-0.1, -0.05) is 47.5 Å². The number of carbonyl (C=O) groups is 2. The maximum absolute atomic E-state index is 12.3. The second-order valence-corrected chi connectivity index (χ2v) is 6.39. The molecule has 3 rings (SSSR count). The zero-order chi connectivity index (χ0) is 17.8. The first kappa shape index (κ1) is 16.9. The third-order valence-electron chi connectivity index (χ3n) is 4.31. The number of hydrazone groups is 1. The van der Waals surface area contributed by atoms with Gasteiger partial charge in [0, 0.05) is 18.7 Å². The molecule has 5 heteroatoms. The molecule has 1 heterocycles. The highest BCUT2D eigenvalue weighted by molar-refractivity contribution is 6.00. The van der Waals surface area contributed by atoms with Crippen LogP contribution in [0.1, 0.15) is 23.1 Å². The van der Waals surface area contributed by atoms with Crippen LogP contribution in [0.4, 0.5) is 5.69 Å². The first-order chi connectivity index (χ1) is 12.0. The minimum Gasteiger partial charge on any atom is -0.312 e. The van der Waals surface area contributed by atoms with Crippen molar-refractivity contribution < 1.29 is 9.59 Å².